The van der Waals surface area contributed by atoms with E-state index in [2.05, 4.69) is 5.32 Å². The largest absolute Gasteiger partial charge is 0.378 e. The Morgan fingerprint density at radius 3 is 2.58 bits per heavy atom. The second-order valence-electron chi connectivity index (χ2n) is 3.94. The first kappa shape index (κ1) is 16.1. The first-order valence-electron chi connectivity index (χ1n) is 5.32. The lowest BCUT2D eigenvalue weighted by molar-refractivity contribution is -0.384. The molecule has 0 aliphatic carbocycles. The van der Waals surface area contributed by atoms with Crippen molar-refractivity contribution in [2.75, 3.05) is 31.7 Å². The molecule has 1 rings (SSSR count). The van der Waals surface area contributed by atoms with Gasteiger partial charge in [0.05, 0.1) is 10.7 Å². The lowest BCUT2D eigenvalue weighted by Crippen LogP contribution is -2.28. The fourth-order valence-corrected chi connectivity index (χ4v) is 2.50. The standard InChI is InChI=1S/C10H14IN3O4S/c1-13(2)19(17,18)6-5-12-9-4-3-8(11)7-10(9)14(15)16/h3-4,7,12H,5-6H2,1-2H3. The molecule has 0 fully saturated rings. The molecule has 9 heteroatoms. The summed E-state index contributed by atoms with van der Waals surface area (Å²) in [5, 5.41) is 13.7. The Morgan fingerprint density at radius 1 is 1.42 bits per heavy atom. The van der Waals surface area contributed by atoms with Crippen molar-refractivity contribution >= 4 is 44.0 Å². The molecule has 0 saturated carbocycles. The molecule has 7 nitrogen and oxygen atoms in total. The van der Waals surface area contributed by atoms with E-state index in [0.29, 0.717) is 5.69 Å². The molecule has 1 aromatic rings. The predicted molar refractivity (Wildman–Crippen MR) is 81.8 cm³/mol. The van der Waals surface area contributed by atoms with Crippen LogP contribution < -0.4 is 5.32 Å². The van der Waals surface area contributed by atoms with Crippen molar-refractivity contribution in [3.63, 3.8) is 0 Å². The van der Waals surface area contributed by atoms with E-state index in [0.717, 1.165) is 7.88 Å². The van der Waals surface area contributed by atoms with Gasteiger partial charge in [-0.15, -0.1) is 0 Å². The predicted octanol–water partition coefficient (Wildman–Crippen LogP) is 1.50. The molecule has 0 aromatic heterocycles. The van der Waals surface area contributed by atoms with Crippen molar-refractivity contribution in [3.8, 4) is 0 Å². The zero-order valence-corrected chi connectivity index (χ0v) is 13.4. The molecule has 0 amide bonds. The van der Waals surface area contributed by atoms with Crippen LogP contribution in [0, 0.1) is 13.7 Å². The summed E-state index contributed by atoms with van der Waals surface area (Å²) in [6.07, 6.45) is 0. The molecule has 0 heterocycles. The molecule has 0 radical (unpaired) electrons. The van der Waals surface area contributed by atoms with E-state index in [1.165, 1.54) is 20.2 Å². The molecule has 1 N–H and O–H groups in total. The van der Waals surface area contributed by atoms with Gasteiger partial charge in [0.1, 0.15) is 5.69 Å². The van der Waals surface area contributed by atoms with Crippen LogP contribution >= 0.6 is 22.6 Å². The van der Waals surface area contributed by atoms with Gasteiger partial charge in [-0.3, -0.25) is 10.1 Å². The molecule has 106 valence electrons. The zero-order valence-electron chi connectivity index (χ0n) is 10.5. The number of hydrogen-bond donors (Lipinski definition) is 1. The van der Waals surface area contributed by atoms with Gasteiger partial charge in [-0.05, 0) is 34.7 Å². The van der Waals surface area contributed by atoms with Gasteiger partial charge in [0.15, 0.2) is 0 Å². The first-order chi connectivity index (χ1) is 8.74. The summed E-state index contributed by atoms with van der Waals surface area (Å²) in [5.41, 5.74) is 0.258. The lowest BCUT2D eigenvalue weighted by atomic mass is 10.2. The topological polar surface area (TPSA) is 92.6 Å². The fraction of sp³-hybridized carbons (Fsp3) is 0.400. The van der Waals surface area contributed by atoms with Gasteiger partial charge in [0.25, 0.3) is 5.69 Å². The summed E-state index contributed by atoms with van der Waals surface area (Å²) < 4.78 is 25.0. The number of nitrogens with one attached hydrogen (secondary N) is 1. The van der Waals surface area contributed by atoms with Crippen molar-refractivity contribution in [1.82, 2.24) is 4.31 Å². The van der Waals surface area contributed by atoms with Crippen molar-refractivity contribution in [2.45, 2.75) is 0 Å². The van der Waals surface area contributed by atoms with Crippen LogP contribution in [0.2, 0.25) is 0 Å². The highest BCUT2D eigenvalue weighted by atomic mass is 127. The monoisotopic (exact) mass is 399 g/mol. The van der Waals surface area contributed by atoms with Gasteiger partial charge in [-0.1, -0.05) is 0 Å². The SMILES string of the molecule is CN(C)S(=O)(=O)CCNc1ccc(I)cc1[N+](=O)[O-]. The number of rotatable bonds is 6. The number of hydrogen-bond acceptors (Lipinski definition) is 5. The summed E-state index contributed by atoms with van der Waals surface area (Å²) in [4.78, 5) is 10.4. The average Bonchev–Trinajstić information content (AvgIpc) is 2.30. The highest BCUT2D eigenvalue weighted by Gasteiger charge is 2.16. The van der Waals surface area contributed by atoms with E-state index in [-0.39, 0.29) is 18.0 Å². The third-order valence-electron chi connectivity index (χ3n) is 2.39. The van der Waals surface area contributed by atoms with Gasteiger partial charge >= 0.3 is 0 Å². The van der Waals surface area contributed by atoms with Gasteiger partial charge in [-0.25, -0.2) is 12.7 Å². The van der Waals surface area contributed by atoms with Crippen molar-refractivity contribution in [1.29, 1.82) is 0 Å². The Kier molecular flexibility index (Phi) is 5.50. The van der Waals surface area contributed by atoms with Crippen molar-refractivity contribution < 1.29 is 13.3 Å². The lowest BCUT2D eigenvalue weighted by Gasteiger charge is -2.12. The molecule has 0 aliphatic rings. The van der Waals surface area contributed by atoms with E-state index in [9.17, 15) is 18.5 Å². The van der Waals surface area contributed by atoms with Crippen molar-refractivity contribution in [3.05, 3.63) is 31.9 Å². The van der Waals surface area contributed by atoms with E-state index >= 15 is 0 Å². The van der Waals surface area contributed by atoms with Crippen LogP contribution in [0.4, 0.5) is 11.4 Å². The van der Waals surface area contributed by atoms with E-state index < -0.39 is 14.9 Å². The third kappa shape index (κ3) is 4.58. The van der Waals surface area contributed by atoms with Gasteiger partial charge in [0, 0.05) is 30.3 Å². The molecule has 0 saturated heterocycles. The minimum absolute atomic E-state index is 0.0610. The number of halogens is 1. The minimum Gasteiger partial charge on any atom is -0.378 e. The number of anilines is 1. The molecular weight excluding hydrogens is 385 g/mol. The molecule has 1 aromatic carbocycles. The Morgan fingerprint density at radius 2 is 2.05 bits per heavy atom. The smallest absolute Gasteiger partial charge is 0.293 e. The van der Waals surface area contributed by atoms with E-state index in [1.807, 2.05) is 22.6 Å². The molecule has 0 aliphatic heterocycles. The van der Waals surface area contributed by atoms with Crippen LogP contribution in [-0.4, -0.2) is 44.0 Å². The summed E-state index contributed by atoms with van der Waals surface area (Å²) in [6.45, 7) is 0.113. The molecule has 0 unspecified atom stereocenters. The Balaban J connectivity index is 2.77. The van der Waals surface area contributed by atoms with Crippen LogP contribution in [0.3, 0.4) is 0 Å². The van der Waals surface area contributed by atoms with E-state index in [4.69, 9.17) is 0 Å². The maximum atomic E-state index is 11.5. The molecule has 0 spiro atoms. The van der Waals surface area contributed by atoms with Crippen molar-refractivity contribution in [2.24, 2.45) is 0 Å². The number of benzene rings is 1. The molecule has 0 atom stereocenters. The Bertz CT molecular complexity index is 574. The summed E-state index contributed by atoms with van der Waals surface area (Å²) >= 11 is 1.98. The Labute approximate surface area is 125 Å². The molecule has 0 bridgehead atoms. The molecular formula is C10H14IN3O4S. The van der Waals surface area contributed by atoms with Gasteiger partial charge in [0.2, 0.25) is 10.0 Å². The van der Waals surface area contributed by atoms with Gasteiger partial charge in [-0.2, -0.15) is 0 Å². The summed E-state index contributed by atoms with van der Waals surface area (Å²) in [6, 6.07) is 4.72. The zero-order chi connectivity index (χ0) is 14.6. The molecule has 19 heavy (non-hydrogen) atoms. The highest BCUT2D eigenvalue weighted by Crippen LogP contribution is 2.26. The highest BCUT2D eigenvalue weighted by molar-refractivity contribution is 14.1. The first-order valence-corrected chi connectivity index (χ1v) is 8.01. The normalized spacial score (nSPS) is 11.6. The maximum Gasteiger partial charge on any atom is 0.293 e. The summed E-state index contributed by atoms with van der Waals surface area (Å²) in [7, 11) is -0.416. The van der Waals surface area contributed by atoms with Crippen LogP contribution in [0.1, 0.15) is 0 Å². The van der Waals surface area contributed by atoms with Crippen LogP contribution in [0.15, 0.2) is 18.2 Å². The Hall–Kier alpha value is -0.940. The van der Waals surface area contributed by atoms with Crippen LogP contribution in [-0.2, 0) is 10.0 Å². The number of nitro groups is 1. The maximum absolute atomic E-state index is 11.5. The van der Waals surface area contributed by atoms with E-state index in [1.54, 1.807) is 12.1 Å². The second-order valence-corrected chi connectivity index (χ2v) is 7.49. The second kappa shape index (κ2) is 6.48. The fourth-order valence-electron chi connectivity index (χ4n) is 1.30. The quantitative estimate of drug-likeness (QED) is 0.445. The van der Waals surface area contributed by atoms with Gasteiger partial charge < -0.3 is 5.32 Å². The third-order valence-corrected chi connectivity index (χ3v) is 4.89. The number of sulfonamides is 1. The minimum atomic E-state index is -3.31. The van der Waals surface area contributed by atoms with Crippen LogP contribution in [0.25, 0.3) is 0 Å². The summed E-state index contributed by atoms with van der Waals surface area (Å²) in [5.74, 6) is -0.122. The average molecular weight is 399 g/mol. The number of nitrogens with zero attached hydrogens (tertiary/aromatic N) is 2. The van der Waals surface area contributed by atoms with Crippen LogP contribution in [0.5, 0.6) is 0 Å². The number of nitro benzene ring substituents is 1.